The highest BCUT2D eigenvalue weighted by molar-refractivity contribution is 4.83. The third-order valence-corrected chi connectivity index (χ3v) is 3.05. The third kappa shape index (κ3) is 14.4. The van der Waals surface area contributed by atoms with Crippen molar-refractivity contribution in [2.24, 2.45) is 0 Å². The molecule has 0 aliphatic rings. The highest BCUT2D eigenvalue weighted by Gasteiger charge is 1.97. The second-order valence-electron chi connectivity index (χ2n) is 4.81. The van der Waals surface area contributed by atoms with E-state index in [1.54, 1.807) is 0 Å². The van der Waals surface area contributed by atoms with Crippen LogP contribution in [0.5, 0.6) is 0 Å². The van der Waals surface area contributed by atoms with E-state index in [4.69, 9.17) is 15.3 Å². The fraction of sp³-hybridized carbons (Fsp3) is 0.667. The van der Waals surface area contributed by atoms with Gasteiger partial charge >= 0.3 is 0 Å². The monoisotopic (exact) mass is 282 g/mol. The molecule has 0 spiro atoms. The second kappa shape index (κ2) is 13.8. The Labute approximate surface area is 121 Å². The molecule has 1 aromatic heterocycles. The van der Waals surface area contributed by atoms with Gasteiger partial charge in [-0.25, -0.2) is 4.57 Å². The van der Waals surface area contributed by atoms with Gasteiger partial charge in [-0.2, -0.15) is 0 Å². The quantitative estimate of drug-likeness (QED) is 0.299. The van der Waals surface area contributed by atoms with Crippen LogP contribution in [0.1, 0.15) is 58.3 Å². The Morgan fingerprint density at radius 1 is 0.850 bits per heavy atom. The standard InChI is InChI=1S/C15H26N.NO3/c1-2-3-4-5-6-7-8-10-13-16-14-11-9-12-15-16;2-1(3)4/h9,11-12,14-15H,2-8,10,13H2,1H3;/q+1;-1. The lowest BCUT2D eigenvalue weighted by atomic mass is 10.1. The number of aromatic nitrogens is 1. The molecule has 5 heteroatoms. The van der Waals surface area contributed by atoms with Crippen LogP contribution in [0.25, 0.3) is 0 Å². The van der Waals surface area contributed by atoms with Crippen molar-refractivity contribution in [2.75, 3.05) is 0 Å². The molecule has 0 aliphatic heterocycles. The molecule has 114 valence electrons. The first-order valence-electron chi connectivity index (χ1n) is 7.42. The van der Waals surface area contributed by atoms with Crippen LogP contribution in [0.4, 0.5) is 0 Å². The SMILES string of the molecule is CCCCCCCCCC[n+]1ccccc1.O=[N+]([O-])[O-]. The Balaban J connectivity index is 0.000000796. The molecule has 0 aliphatic carbocycles. The average molecular weight is 282 g/mol. The Morgan fingerprint density at radius 2 is 1.30 bits per heavy atom. The summed E-state index contributed by atoms with van der Waals surface area (Å²) in [5.41, 5.74) is 0. The van der Waals surface area contributed by atoms with Gasteiger partial charge in [-0.15, -0.1) is 0 Å². The first kappa shape index (κ1) is 18.4. The lowest BCUT2D eigenvalue weighted by molar-refractivity contribution is -0.697. The Morgan fingerprint density at radius 3 is 1.80 bits per heavy atom. The normalized spacial score (nSPS) is 9.65. The van der Waals surface area contributed by atoms with Crippen molar-refractivity contribution >= 4 is 0 Å². The molecule has 0 saturated heterocycles. The maximum atomic E-state index is 8.25. The van der Waals surface area contributed by atoms with Gasteiger partial charge in [0.15, 0.2) is 12.4 Å². The van der Waals surface area contributed by atoms with E-state index in [0.717, 1.165) is 0 Å². The Hall–Kier alpha value is -1.65. The van der Waals surface area contributed by atoms with Gasteiger partial charge in [0.2, 0.25) is 0 Å². The topological polar surface area (TPSA) is 70.1 Å². The molecule has 1 aromatic rings. The van der Waals surface area contributed by atoms with E-state index in [2.05, 4.69) is 42.1 Å². The van der Waals surface area contributed by atoms with Crippen LogP contribution in [-0.4, -0.2) is 5.09 Å². The molecule has 1 heterocycles. The van der Waals surface area contributed by atoms with E-state index >= 15 is 0 Å². The van der Waals surface area contributed by atoms with Crippen molar-refractivity contribution in [3.63, 3.8) is 0 Å². The lowest BCUT2D eigenvalue weighted by Crippen LogP contribution is -2.32. The summed E-state index contributed by atoms with van der Waals surface area (Å²) in [4.78, 5) is 8.25. The van der Waals surface area contributed by atoms with Crippen molar-refractivity contribution in [3.8, 4) is 0 Å². The number of pyridine rings is 1. The summed E-state index contributed by atoms with van der Waals surface area (Å²) in [6.07, 6.45) is 15.5. The number of unbranched alkanes of at least 4 members (excludes halogenated alkanes) is 7. The molecule has 0 radical (unpaired) electrons. The molecular weight excluding hydrogens is 256 g/mol. The summed E-state index contributed by atoms with van der Waals surface area (Å²) >= 11 is 0. The van der Waals surface area contributed by atoms with Crippen LogP contribution in [0.2, 0.25) is 0 Å². The minimum absolute atomic E-state index is 1.18. The van der Waals surface area contributed by atoms with Crippen LogP contribution >= 0.6 is 0 Å². The van der Waals surface area contributed by atoms with Gasteiger partial charge in [-0.3, -0.25) is 0 Å². The fourth-order valence-corrected chi connectivity index (χ4v) is 2.01. The van der Waals surface area contributed by atoms with Crippen molar-refractivity contribution in [1.82, 2.24) is 0 Å². The minimum atomic E-state index is -1.75. The molecule has 20 heavy (non-hydrogen) atoms. The van der Waals surface area contributed by atoms with Crippen molar-refractivity contribution in [1.29, 1.82) is 0 Å². The van der Waals surface area contributed by atoms with Gasteiger partial charge in [-0.05, 0) is 6.42 Å². The maximum Gasteiger partial charge on any atom is 0.168 e. The molecule has 0 atom stereocenters. The maximum absolute atomic E-state index is 8.25. The third-order valence-electron chi connectivity index (χ3n) is 3.05. The molecule has 0 saturated carbocycles. The number of hydrogen-bond donors (Lipinski definition) is 0. The van der Waals surface area contributed by atoms with E-state index in [9.17, 15) is 0 Å². The highest BCUT2D eigenvalue weighted by atomic mass is 16.9. The summed E-state index contributed by atoms with van der Waals surface area (Å²) in [6.45, 7) is 3.45. The van der Waals surface area contributed by atoms with E-state index in [1.807, 2.05) is 0 Å². The molecule has 0 unspecified atom stereocenters. The van der Waals surface area contributed by atoms with Crippen molar-refractivity contribution in [2.45, 2.75) is 64.8 Å². The van der Waals surface area contributed by atoms with Crippen LogP contribution in [0, 0.1) is 15.3 Å². The molecule has 0 aromatic carbocycles. The highest BCUT2D eigenvalue weighted by Crippen LogP contribution is 2.08. The van der Waals surface area contributed by atoms with Gasteiger partial charge in [-0.1, -0.05) is 51.5 Å². The largest absolute Gasteiger partial charge is 0.356 e. The summed E-state index contributed by atoms with van der Waals surface area (Å²) in [5.74, 6) is 0. The zero-order valence-electron chi connectivity index (χ0n) is 12.4. The zero-order chi connectivity index (χ0) is 15.1. The number of aryl methyl sites for hydroxylation is 1. The van der Waals surface area contributed by atoms with Gasteiger partial charge in [0.1, 0.15) is 6.54 Å². The smallest absolute Gasteiger partial charge is 0.168 e. The van der Waals surface area contributed by atoms with E-state index in [0.29, 0.717) is 0 Å². The summed E-state index contributed by atoms with van der Waals surface area (Å²) < 4.78 is 2.27. The predicted octanol–water partition coefficient (Wildman–Crippen LogP) is 3.88. The van der Waals surface area contributed by atoms with E-state index in [1.165, 1.54) is 57.9 Å². The molecule has 0 bridgehead atoms. The fourth-order valence-electron chi connectivity index (χ4n) is 2.01. The molecule has 1 rings (SSSR count). The zero-order valence-corrected chi connectivity index (χ0v) is 12.4. The van der Waals surface area contributed by atoms with Crippen LogP contribution < -0.4 is 4.57 Å². The second-order valence-corrected chi connectivity index (χ2v) is 4.81. The van der Waals surface area contributed by atoms with Gasteiger partial charge in [0, 0.05) is 18.6 Å². The molecule has 0 fully saturated rings. The van der Waals surface area contributed by atoms with Gasteiger partial charge < -0.3 is 15.3 Å². The number of hydrogen-bond acceptors (Lipinski definition) is 3. The average Bonchev–Trinajstić information content (AvgIpc) is 2.42. The Bertz CT molecular complexity index is 327. The van der Waals surface area contributed by atoms with Crippen LogP contribution in [-0.2, 0) is 6.54 Å². The number of nitrogens with zero attached hydrogens (tertiary/aromatic N) is 2. The molecule has 0 N–H and O–H groups in total. The summed E-state index contributed by atoms with van der Waals surface area (Å²) in [5, 5.41) is 14.8. The van der Waals surface area contributed by atoms with Crippen molar-refractivity contribution < 1.29 is 9.65 Å². The van der Waals surface area contributed by atoms with Crippen molar-refractivity contribution in [3.05, 3.63) is 45.9 Å². The number of rotatable bonds is 9. The first-order valence-corrected chi connectivity index (χ1v) is 7.42. The van der Waals surface area contributed by atoms with Gasteiger partial charge in [0.05, 0.1) is 5.09 Å². The van der Waals surface area contributed by atoms with Gasteiger partial charge in [0.25, 0.3) is 0 Å². The molecule has 5 nitrogen and oxygen atoms in total. The first-order chi connectivity index (χ1) is 9.66. The van der Waals surface area contributed by atoms with E-state index < -0.39 is 5.09 Å². The predicted molar refractivity (Wildman–Crippen MR) is 79.6 cm³/mol. The minimum Gasteiger partial charge on any atom is -0.356 e. The molecule has 0 amide bonds. The van der Waals surface area contributed by atoms with Crippen LogP contribution in [0.15, 0.2) is 30.6 Å². The lowest BCUT2D eigenvalue weighted by Gasteiger charge is -2.00. The molecular formula is C15H26N2O3. The summed E-state index contributed by atoms with van der Waals surface area (Å²) in [6, 6.07) is 6.28. The van der Waals surface area contributed by atoms with E-state index in [-0.39, 0.29) is 0 Å². The summed E-state index contributed by atoms with van der Waals surface area (Å²) in [7, 11) is 0. The Kier molecular flexibility index (Phi) is 12.6. The van der Waals surface area contributed by atoms with Crippen LogP contribution in [0.3, 0.4) is 0 Å².